The predicted octanol–water partition coefficient (Wildman–Crippen LogP) is 3.37. The summed E-state index contributed by atoms with van der Waals surface area (Å²) in [4.78, 5) is 0. The molecule has 0 radical (unpaired) electrons. The van der Waals surface area contributed by atoms with Gasteiger partial charge < -0.3 is 23.7 Å². The molecule has 142 valence electrons. The summed E-state index contributed by atoms with van der Waals surface area (Å²) in [5.41, 5.74) is -0.304. The van der Waals surface area contributed by atoms with E-state index in [1.54, 1.807) is 11.8 Å². The molecule has 2 fully saturated rings. The van der Waals surface area contributed by atoms with Crippen LogP contribution in [0.15, 0.2) is 0 Å². The molecule has 2 rings (SSSR count). The van der Waals surface area contributed by atoms with E-state index in [4.69, 9.17) is 18.6 Å². The van der Waals surface area contributed by atoms with Crippen molar-refractivity contribution in [2.24, 2.45) is 0 Å². The zero-order valence-corrected chi connectivity index (χ0v) is 18.1. The van der Waals surface area contributed by atoms with Crippen molar-refractivity contribution in [3.63, 3.8) is 0 Å². The first kappa shape index (κ1) is 20.7. The van der Waals surface area contributed by atoms with Crippen LogP contribution < -0.4 is 0 Å². The zero-order chi connectivity index (χ0) is 18.3. The van der Waals surface area contributed by atoms with Gasteiger partial charge in [-0.1, -0.05) is 27.7 Å². The van der Waals surface area contributed by atoms with Crippen molar-refractivity contribution in [2.75, 3.05) is 12.4 Å². The lowest BCUT2D eigenvalue weighted by Gasteiger charge is -2.42. The second kappa shape index (κ2) is 7.17. The van der Waals surface area contributed by atoms with E-state index in [1.807, 2.05) is 13.8 Å². The summed E-state index contributed by atoms with van der Waals surface area (Å²) < 4.78 is 24.5. The van der Waals surface area contributed by atoms with E-state index in [-0.39, 0.29) is 28.8 Å². The van der Waals surface area contributed by atoms with E-state index < -0.39 is 20.2 Å². The van der Waals surface area contributed by atoms with Gasteiger partial charge in [0.2, 0.25) is 0 Å². The maximum absolute atomic E-state index is 10.6. The van der Waals surface area contributed by atoms with Gasteiger partial charge in [-0.3, -0.25) is 0 Å². The van der Waals surface area contributed by atoms with Crippen molar-refractivity contribution in [3.05, 3.63) is 0 Å². The van der Waals surface area contributed by atoms with Gasteiger partial charge in [-0.2, -0.15) is 0 Å². The van der Waals surface area contributed by atoms with Crippen molar-refractivity contribution in [2.45, 2.75) is 95.3 Å². The number of thioether (sulfide) groups is 1. The van der Waals surface area contributed by atoms with Crippen LogP contribution in [-0.2, 0) is 18.6 Å². The third kappa shape index (κ3) is 4.37. The Kier molecular flexibility index (Phi) is 6.18. The Hall–Kier alpha value is 0.367. The Morgan fingerprint density at radius 3 is 2.29 bits per heavy atom. The second-order valence-electron chi connectivity index (χ2n) is 8.62. The minimum absolute atomic E-state index is 0.143. The standard InChI is InChI=1S/C17H34O5SSi/c1-9-23-15-12(18)14-13(21-17(5,6)22-14)11(20-15)10-19-24(7,8)16(2,3)4/h11-15,18H,9-10H2,1-8H3/t11-,12-,13+,14-,15+/m1/s1. The maximum atomic E-state index is 10.6. The van der Waals surface area contributed by atoms with Crippen molar-refractivity contribution in [3.8, 4) is 0 Å². The smallest absolute Gasteiger partial charge is 0.192 e. The fraction of sp³-hybridized carbons (Fsp3) is 1.00. The molecule has 2 aliphatic rings. The lowest BCUT2D eigenvalue weighted by atomic mass is 10.0. The highest BCUT2D eigenvalue weighted by atomic mass is 32.2. The Bertz CT molecular complexity index is 437. The van der Waals surface area contributed by atoms with Gasteiger partial charge in [-0.05, 0) is 37.7 Å². The van der Waals surface area contributed by atoms with E-state index in [1.165, 1.54) is 0 Å². The molecule has 7 heteroatoms. The molecule has 5 atom stereocenters. The van der Waals surface area contributed by atoms with Gasteiger partial charge in [0.05, 0.1) is 6.61 Å². The van der Waals surface area contributed by atoms with Crippen LogP contribution in [0.1, 0.15) is 41.5 Å². The Balaban J connectivity index is 2.12. The van der Waals surface area contributed by atoms with E-state index in [2.05, 4.69) is 40.8 Å². The molecule has 2 saturated heterocycles. The average Bonchev–Trinajstić information content (AvgIpc) is 2.75. The molecule has 0 aromatic rings. The Labute approximate surface area is 151 Å². The molecule has 0 aliphatic carbocycles. The highest BCUT2D eigenvalue weighted by molar-refractivity contribution is 7.99. The monoisotopic (exact) mass is 378 g/mol. The number of fused-ring (bicyclic) bond motifs is 1. The van der Waals surface area contributed by atoms with Crippen molar-refractivity contribution < 1.29 is 23.7 Å². The van der Waals surface area contributed by atoms with Crippen LogP contribution in [0.3, 0.4) is 0 Å². The largest absolute Gasteiger partial charge is 0.414 e. The molecular weight excluding hydrogens is 344 g/mol. The molecule has 0 unspecified atom stereocenters. The molecule has 5 nitrogen and oxygen atoms in total. The zero-order valence-electron chi connectivity index (χ0n) is 16.3. The summed E-state index contributed by atoms with van der Waals surface area (Å²) >= 11 is 1.60. The van der Waals surface area contributed by atoms with Crippen LogP contribution in [-0.4, -0.2) is 61.4 Å². The van der Waals surface area contributed by atoms with Crippen LogP contribution in [0.4, 0.5) is 0 Å². The summed E-state index contributed by atoms with van der Waals surface area (Å²) in [6.07, 6.45) is -1.58. The van der Waals surface area contributed by atoms with Gasteiger partial charge in [0.1, 0.15) is 29.9 Å². The molecule has 2 aliphatic heterocycles. The van der Waals surface area contributed by atoms with Crippen molar-refractivity contribution >= 4 is 20.1 Å². The summed E-state index contributed by atoms with van der Waals surface area (Å²) in [7, 11) is -1.87. The van der Waals surface area contributed by atoms with E-state index in [9.17, 15) is 5.11 Å². The van der Waals surface area contributed by atoms with Gasteiger partial charge in [-0.25, -0.2) is 0 Å². The number of aliphatic hydroxyl groups excluding tert-OH is 1. The minimum atomic E-state index is -1.87. The molecule has 1 N–H and O–H groups in total. The van der Waals surface area contributed by atoms with E-state index in [0.717, 1.165) is 5.75 Å². The van der Waals surface area contributed by atoms with E-state index in [0.29, 0.717) is 6.61 Å². The van der Waals surface area contributed by atoms with Crippen molar-refractivity contribution in [1.29, 1.82) is 0 Å². The first-order valence-electron chi connectivity index (χ1n) is 8.83. The fourth-order valence-corrected chi connectivity index (χ4v) is 4.71. The first-order chi connectivity index (χ1) is 10.9. The van der Waals surface area contributed by atoms with Crippen LogP contribution in [0.2, 0.25) is 18.1 Å². The fourth-order valence-electron chi connectivity index (χ4n) is 2.80. The number of aliphatic hydroxyl groups is 1. The summed E-state index contributed by atoms with van der Waals surface area (Å²) in [5, 5.41) is 10.7. The number of ether oxygens (including phenoxy) is 3. The lowest BCUT2D eigenvalue weighted by Crippen LogP contribution is -2.57. The molecule has 0 aromatic carbocycles. The summed E-state index contributed by atoms with van der Waals surface area (Å²) in [6.45, 7) is 17.4. The van der Waals surface area contributed by atoms with Crippen LogP contribution in [0.5, 0.6) is 0 Å². The molecule has 0 bridgehead atoms. The van der Waals surface area contributed by atoms with Crippen molar-refractivity contribution in [1.82, 2.24) is 0 Å². The number of rotatable bonds is 5. The lowest BCUT2D eigenvalue weighted by molar-refractivity contribution is -0.166. The molecule has 0 saturated carbocycles. The molecule has 0 spiro atoms. The van der Waals surface area contributed by atoms with Crippen LogP contribution in [0, 0.1) is 0 Å². The molecular formula is C17H34O5SSi. The molecule has 2 heterocycles. The highest BCUT2D eigenvalue weighted by Gasteiger charge is 2.55. The van der Waals surface area contributed by atoms with Gasteiger partial charge in [-0.15, -0.1) is 11.8 Å². The number of hydrogen-bond donors (Lipinski definition) is 1. The van der Waals surface area contributed by atoms with Gasteiger partial charge in [0.25, 0.3) is 0 Å². The SMILES string of the molecule is CCS[C@@H]1O[C@H](CO[Si](C)(C)C(C)(C)C)[C@@H]2OC(C)(C)O[C@@H]2[C@H]1O. The molecule has 0 aromatic heterocycles. The molecule has 24 heavy (non-hydrogen) atoms. The summed E-state index contributed by atoms with van der Waals surface area (Å²) in [6, 6.07) is 0. The van der Waals surface area contributed by atoms with Gasteiger partial charge >= 0.3 is 0 Å². The first-order valence-corrected chi connectivity index (χ1v) is 12.8. The normalized spacial score (nSPS) is 36.6. The third-order valence-corrected chi connectivity index (χ3v) is 10.8. The molecule has 0 amide bonds. The third-order valence-electron chi connectivity index (χ3n) is 5.20. The van der Waals surface area contributed by atoms with Gasteiger partial charge in [0.15, 0.2) is 14.1 Å². The minimum Gasteiger partial charge on any atom is -0.414 e. The predicted molar refractivity (Wildman–Crippen MR) is 99.8 cm³/mol. The van der Waals surface area contributed by atoms with Crippen LogP contribution in [0.25, 0.3) is 0 Å². The Morgan fingerprint density at radius 2 is 1.75 bits per heavy atom. The topological polar surface area (TPSA) is 57.2 Å². The van der Waals surface area contributed by atoms with Gasteiger partial charge in [0, 0.05) is 0 Å². The second-order valence-corrected chi connectivity index (χ2v) is 14.8. The summed E-state index contributed by atoms with van der Waals surface area (Å²) in [5.74, 6) is 0.167. The number of hydrogen-bond acceptors (Lipinski definition) is 6. The van der Waals surface area contributed by atoms with Crippen LogP contribution >= 0.6 is 11.8 Å². The van der Waals surface area contributed by atoms with E-state index >= 15 is 0 Å². The maximum Gasteiger partial charge on any atom is 0.192 e. The quantitative estimate of drug-likeness (QED) is 0.740. The average molecular weight is 379 g/mol. The highest BCUT2D eigenvalue weighted by Crippen LogP contribution is 2.41. The Morgan fingerprint density at radius 1 is 1.17 bits per heavy atom.